The van der Waals surface area contributed by atoms with Crippen molar-refractivity contribution in [2.45, 2.75) is 17.7 Å². The normalized spacial score (nSPS) is 15.6. The Balaban J connectivity index is 2.20. The third-order valence-corrected chi connectivity index (χ3v) is 6.50. The van der Waals surface area contributed by atoms with Crippen LogP contribution in [0.3, 0.4) is 0 Å². The van der Waals surface area contributed by atoms with Crippen molar-refractivity contribution in [2.24, 2.45) is 5.41 Å². The van der Waals surface area contributed by atoms with E-state index in [4.69, 9.17) is 9.47 Å². The van der Waals surface area contributed by atoms with Crippen molar-refractivity contribution < 1.29 is 36.3 Å². The molecule has 0 saturated heterocycles. The van der Waals surface area contributed by atoms with Gasteiger partial charge in [-0.3, -0.25) is 9.59 Å². The number of carbonyl (C=O) groups is 2. The molecule has 2 aromatic rings. The van der Waals surface area contributed by atoms with E-state index >= 15 is 0 Å². The fourth-order valence-corrected chi connectivity index (χ4v) is 4.41. The molecule has 0 heterocycles. The molecule has 6 nitrogen and oxygen atoms in total. The highest BCUT2D eigenvalue weighted by molar-refractivity contribution is 7.90. The molecule has 0 atom stereocenters. The first kappa shape index (κ1) is 22.6. The minimum Gasteiger partial charge on any atom is -0.468 e. The van der Waals surface area contributed by atoms with Gasteiger partial charge in [0.25, 0.3) is 0 Å². The zero-order valence-corrected chi connectivity index (χ0v) is 17.9. The smallest absolute Gasteiger partial charge is 0.323 e. The van der Waals surface area contributed by atoms with Crippen LogP contribution in [0.5, 0.6) is 0 Å². The number of ether oxygens (including phenoxy) is 2. The topological polar surface area (TPSA) is 86.7 Å². The molecule has 0 fully saturated rings. The largest absolute Gasteiger partial charge is 0.468 e. The zero-order chi connectivity index (χ0) is 23.0. The van der Waals surface area contributed by atoms with Gasteiger partial charge < -0.3 is 9.47 Å². The van der Waals surface area contributed by atoms with Crippen LogP contribution < -0.4 is 0 Å². The van der Waals surface area contributed by atoms with E-state index in [2.05, 4.69) is 0 Å². The van der Waals surface area contributed by atoms with E-state index in [-0.39, 0.29) is 23.3 Å². The van der Waals surface area contributed by atoms with Gasteiger partial charge in [0.1, 0.15) is 0 Å². The maximum absolute atomic E-state index is 13.9. The first-order valence-corrected chi connectivity index (χ1v) is 11.1. The van der Waals surface area contributed by atoms with Gasteiger partial charge in [0.2, 0.25) is 0 Å². The van der Waals surface area contributed by atoms with Crippen LogP contribution in [-0.2, 0) is 28.9 Å². The van der Waals surface area contributed by atoms with E-state index in [9.17, 15) is 26.8 Å². The lowest BCUT2D eigenvalue weighted by Gasteiger charge is -2.23. The van der Waals surface area contributed by atoms with Gasteiger partial charge >= 0.3 is 11.9 Å². The molecule has 3 rings (SSSR count). The van der Waals surface area contributed by atoms with Crippen LogP contribution in [0.4, 0.5) is 8.78 Å². The molecule has 0 spiro atoms. The Hall–Kier alpha value is -3.07. The minimum atomic E-state index is -3.43. The predicted molar refractivity (Wildman–Crippen MR) is 108 cm³/mol. The Labute approximate surface area is 178 Å². The average Bonchev–Trinajstić information content (AvgIpc) is 3.16. The fraction of sp³-hybridized carbons (Fsp3) is 0.273. The van der Waals surface area contributed by atoms with Gasteiger partial charge in [-0.05, 0) is 46.5 Å². The third-order valence-electron chi connectivity index (χ3n) is 5.37. The summed E-state index contributed by atoms with van der Waals surface area (Å²) >= 11 is 0. The summed E-state index contributed by atoms with van der Waals surface area (Å²) in [6.45, 7) is 0. The number of hydrogen-bond donors (Lipinski definition) is 0. The number of sulfone groups is 1. The second-order valence-electron chi connectivity index (χ2n) is 7.30. The van der Waals surface area contributed by atoms with Gasteiger partial charge in [0.15, 0.2) is 26.9 Å². The van der Waals surface area contributed by atoms with Crippen LogP contribution in [0.2, 0.25) is 0 Å². The lowest BCUT2D eigenvalue weighted by Crippen LogP contribution is -2.39. The molecule has 31 heavy (non-hydrogen) atoms. The highest BCUT2D eigenvalue weighted by Gasteiger charge is 2.53. The van der Waals surface area contributed by atoms with Crippen LogP contribution in [0.25, 0.3) is 11.1 Å². The lowest BCUT2D eigenvalue weighted by atomic mass is 9.82. The number of hydrogen-bond acceptors (Lipinski definition) is 6. The van der Waals surface area contributed by atoms with Gasteiger partial charge in [-0.25, -0.2) is 17.2 Å². The SMILES string of the molecule is COC(=O)C1(C(=O)OC)CC(c2ccc(S(C)(=O)=O)cc2)=C(c2ccc(F)c(F)c2)C1. The van der Waals surface area contributed by atoms with Crippen LogP contribution in [0.15, 0.2) is 47.4 Å². The number of allylic oxidation sites excluding steroid dienone is 2. The number of esters is 2. The highest BCUT2D eigenvalue weighted by Crippen LogP contribution is 2.51. The molecule has 0 N–H and O–H groups in total. The van der Waals surface area contributed by atoms with Crippen molar-refractivity contribution in [1.82, 2.24) is 0 Å². The fourth-order valence-electron chi connectivity index (χ4n) is 3.78. The van der Waals surface area contributed by atoms with Crippen LogP contribution in [-0.4, -0.2) is 40.8 Å². The first-order chi connectivity index (χ1) is 14.5. The minimum absolute atomic E-state index is 0.0939. The molecule has 0 amide bonds. The zero-order valence-electron chi connectivity index (χ0n) is 17.1. The van der Waals surface area contributed by atoms with Crippen molar-refractivity contribution >= 4 is 32.9 Å². The summed E-state index contributed by atoms with van der Waals surface area (Å²) < 4.78 is 60.7. The Morgan fingerprint density at radius 2 is 1.32 bits per heavy atom. The van der Waals surface area contributed by atoms with Crippen molar-refractivity contribution in [3.63, 3.8) is 0 Å². The Bertz CT molecular complexity index is 1170. The lowest BCUT2D eigenvalue weighted by molar-refractivity contribution is -0.167. The Morgan fingerprint density at radius 1 is 0.839 bits per heavy atom. The van der Waals surface area contributed by atoms with E-state index in [0.29, 0.717) is 16.7 Å². The second-order valence-corrected chi connectivity index (χ2v) is 9.32. The van der Waals surface area contributed by atoms with Gasteiger partial charge in [-0.15, -0.1) is 0 Å². The summed E-state index contributed by atoms with van der Waals surface area (Å²) in [5.74, 6) is -3.75. The third kappa shape index (κ3) is 4.10. The second kappa shape index (κ2) is 8.22. The van der Waals surface area contributed by atoms with Crippen LogP contribution in [0.1, 0.15) is 24.0 Å². The number of halogens is 2. The number of carbonyl (C=O) groups excluding carboxylic acids is 2. The molecule has 0 aromatic heterocycles. The maximum atomic E-state index is 13.9. The van der Waals surface area contributed by atoms with E-state index < -0.39 is 38.8 Å². The van der Waals surface area contributed by atoms with E-state index in [0.717, 1.165) is 32.6 Å². The van der Waals surface area contributed by atoms with Crippen molar-refractivity contribution in [3.8, 4) is 0 Å². The van der Waals surface area contributed by atoms with Gasteiger partial charge in [0.05, 0.1) is 19.1 Å². The van der Waals surface area contributed by atoms with Gasteiger partial charge in [0, 0.05) is 19.1 Å². The molecule has 0 aliphatic heterocycles. The van der Waals surface area contributed by atoms with Crippen LogP contribution in [0, 0.1) is 17.0 Å². The summed E-state index contributed by atoms with van der Waals surface area (Å²) in [5, 5.41) is 0. The van der Waals surface area contributed by atoms with Crippen LogP contribution >= 0.6 is 0 Å². The summed E-state index contributed by atoms with van der Waals surface area (Å²) in [4.78, 5) is 25.4. The molecule has 9 heteroatoms. The van der Waals surface area contributed by atoms with Gasteiger partial charge in [-0.1, -0.05) is 18.2 Å². The van der Waals surface area contributed by atoms with Gasteiger partial charge in [-0.2, -0.15) is 0 Å². The van der Waals surface area contributed by atoms with Crippen molar-refractivity contribution in [3.05, 3.63) is 65.2 Å². The molecule has 164 valence electrons. The monoisotopic (exact) mass is 450 g/mol. The molecule has 1 aliphatic carbocycles. The highest BCUT2D eigenvalue weighted by atomic mass is 32.2. The maximum Gasteiger partial charge on any atom is 0.323 e. The molecule has 0 radical (unpaired) electrons. The molecule has 2 aromatic carbocycles. The quantitative estimate of drug-likeness (QED) is 0.513. The summed E-state index contributed by atoms with van der Waals surface area (Å²) in [7, 11) is -1.15. The first-order valence-electron chi connectivity index (χ1n) is 9.18. The van der Waals surface area contributed by atoms with Crippen molar-refractivity contribution in [2.75, 3.05) is 20.5 Å². The summed E-state index contributed by atoms with van der Waals surface area (Å²) in [6.07, 6.45) is 0.808. The summed E-state index contributed by atoms with van der Waals surface area (Å²) in [5.41, 5.74) is 0.0513. The van der Waals surface area contributed by atoms with Crippen molar-refractivity contribution in [1.29, 1.82) is 0 Å². The Morgan fingerprint density at radius 3 is 1.77 bits per heavy atom. The molecular formula is C22H20F2O6S. The molecule has 0 unspecified atom stereocenters. The number of rotatable bonds is 5. The standard InChI is InChI=1S/C22H20F2O6S/c1-29-20(25)22(21(26)30-2)11-16(13-4-7-15(8-5-13)31(3,27)28)17(12-22)14-6-9-18(23)19(24)10-14/h4-10H,11-12H2,1-3H3. The van der Waals surface area contributed by atoms with E-state index in [1.807, 2.05) is 0 Å². The average molecular weight is 450 g/mol. The molecule has 0 saturated carbocycles. The molecule has 0 bridgehead atoms. The van der Waals surface area contributed by atoms with E-state index in [1.54, 1.807) is 0 Å². The summed E-state index contributed by atoms with van der Waals surface area (Å²) in [6, 6.07) is 9.17. The predicted octanol–water partition coefficient (Wildman–Crippen LogP) is 3.41. The van der Waals surface area contributed by atoms with E-state index in [1.165, 1.54) is 30.3 Å². The number of methoxy groups -OCH3 is 2. The Kier molecular flexibility index (Phi) is 6.00. The molecule has 1 aliphatic rings. The molecular weight excluding hydrogens is 430 g/mol. The number of benzene rings is 2.